The maximum Gasteiger partial charge on any atom is 0.256 e. The summed E-state index contributed by atoms with van der Waals surface area (Å²) in [6.07, 6.45) is 5.73. The molecule has 0 aliphatic heterocycles. The van der Waals surface area contributed by atoms with Gasteiger partial charge in [0.15, 0.2) is 0 Å². The van der Waals surface area contributed by atoms with Crippen molar-refractivity contribution in [3.05, 3.63) is 64.1 Å². The van der Waals surface area contributed by atoms with Gasteiger partial charge in [0.1, 0.15) is 5.00 Å². The number of aryl methyl sites for hydroxylation is 2. The van der Waals surface area contributed by atoms with Gasteiger partial charge in [0.2, 0.25) is 0 Å². The number of carbonyl (C=O) groups is 2. The second kappa shape index (κ2) is 7.66. The lowest BCUT2D eigenvalue weighted by molar-refractivity contribution is 0.0958. The number of carbonyl (C=O) groups excluding carboxylic acids is 2. The SMILES string of the molecule is C=CCNC(=O)c1c(NC(=O)c2ccc(C)cc2)sc2c1CCCC2. The topological polar surface area (TPSA) is 58.2 Å². The number of thiophene rings is 1. The maximum atomic E-state index is 12.6. The van der Waals surface area contributed by atoms with E-state index in [2.05, 4.69) is 17.2 Å². The molecule has 0 unspecified atom stereocenters. The van der Waals surface area contributed by atoms with Gasteiger partial charge >= 0.3 is 0 Å². The Morgan fingerprint density at radius 1 is 1.16 bits per heavy atom. The fourth-order valence-corrected chi connectivity index (χ4v) is 4.31. The van der Waals surface area contributed by atoms with E-state index in [1.54, 1.807) is 18.2 Å². The zero-order valence-corrected chi connectivity index (χ0v) is 15.2. The van der Waals surface area contributed by atoms with E-state index in [9.17, 15) is 9.59 Å². The van der Waals surface area contributed by atoms with E-state index in [1.165, 1.54) is 16.2 Å². The lowest BCUT2D eigenvalue weighted by Crippen LogP contribution is -2.25. The summed E-state index contributed by atoms with van der Waals surface area (Å²) in [5.74, 6) is -0.324. The minimum Gasteiger partial charge on any atom is -0.348 e. The molecule has 0 fully saturated rings. The number of anilines is 1. The summed E-state index contributed by atoms with van der Waals surface area (Å²) < 4.78 is 0. The van der Waals surface area contributed by atoms with E-state index in [-0.39, 0.29) is 11.8 Å². The van der Waals surface area contributed by atoms with Gasteiger partial charge in [0.05, 0.1) is 5.56 Å². The van der Waals surface area contributed by atoms with E-state index in [1.807, 2.05) is 19.1 Å². The van der Waals surface area contributed by atoms with Crippen molar-refractivity contribution in [1.29, 1.82) is 0 Å². The minimum absolute atomic E-state index is 0.140. The van der Waals surface area contributed by atoms with Crippen LogP contribution in [-0.2, 0) is 12.8 Å². The van der Waals surface area contributed by atoms with Crippen LogP contribution in [0.5, 0.6) is 0 Å². The van der Waals surface area contributed by atoms with Gasteiger partial charge in [0, 0.05) is 17.0 Å². The van der Waals surface area contributed by atoms with E-state index >= 15 is 0 Å². The highest BCUT2D eigenvalue weighted by atomic mass is 32.1. The Bertz CT molecular complexity index is 806. The van der Waals surface area contributed by atoms with Crippen molar-refractivity contribution in [1.82, 2.24) is 5.32 Å². The van der Waals surface area contributed by atoms with Crippen LogP contribution in [0.1, 0.15) is 49.6 Å². The fourth-order valence-electron chi connectivity index (χ4n) is 3.03. The van der Waals surface area contributed by atoms with E-state index in [0.29, 0.717) is 22.7 Å². The molecule has 1 aliphatic rings. The third kappa shape index (κ3) is 3.82. The molecule has 1 aromatic carbocycles. The average molecular weight is 354 g/mol. The number of nitrogens with one attached hydrogen (secondary N) is 2. The summed E-state index contributed by atoms with van der Waals surface area (Å²) in [6, 6.07) is 7.42. The lowest BCUT2D eigenvalue weighted by atomic mass is 9.95. The van der Waals surface area contributed by atoms with Gasteiger partial charge in [-0.05, 0) is 50.3 Å². The molecule has 2 N–H and O–H groups in total. The Balaban J connectivity index is 1.90. The number of fused-ring (bicyclic) bond motifs is 1. The van der Waals surface area contributed by atoms with Gasteiger partial charge < -0.3 is 10.6 Å². The molecular weight excluding hydrogens is 332 g/mol. The monoisotopic (exact) mass is 354 g/mol. The molecule has 1 heterocycles. The van der Waals surface area contributed by atoms with Crippen LogP contribution < -0.4 is 10.6 Å². The Morgan fingerprint density at radius 2 is 1.88 bits per heavy atom. The third-order valence-electron chi connectivity index (χ3n) is 4.35. The number of amides is 2. The first-order chi connectivity index (χ1) is 12.1. The number of rotatable bonds is 5. The Morgan fingerprint density at radius 3 is 2.60 bits per heavy atom. The molecule has 2 amide bonds. The summed E-state index contributed by atoms with van der Waals surface area (Å²) in [4.78, 5) is 26.4. The fraction of sp³-hybridized carbons (Fsp3) is 0.300. The van der Waals surface area contributed by atoms with Crippen LogP contribution in [0.2, 0.25) is 0 Å². The van der Waals surface area contributed by atoms with Gasteiger partial charge in [-0.25, -0.2) is 0 Å². The van der Waals surface area contributed by atoms with Crippen LogP contribution in [0.15, 0.2) is 36.9 Å². The number of benzene rings is 1. The van der Waals surface area contributed by atoms with Gasteiger partial charge in [-0.3, -0.25) is 9.59 Å². The highest BCUT2D eigenvalue weighted by molar-refractivity contribution is 7.17. The van der Waals surface area contributed by atoms with E-state index in [4.69, 9.17) is 0 Å². The first kappa shape index (κ1) is 17.4. The predicted octanol–water partition coefficient (Wildman–Crippen LogP) is 4.10. The van der Waals surface area contributed by atoms with Crippen molar-refractivity contribution in [2.45, 2.75) is 32.6 Å². The second-order valence-corrected chi connectivity index (χ2v) is 7.34. The number of hydrogen-bond acceptors (Lipinski definition) is 3. The minimum atomic E-state index is -0.184. The molecule has 2 aromatic rings. The molecule has 5 heteroatoms. The molecule has 1 aliphatic carbocycles. The first-order valence-electron chi connectivity index (χ1n) is 8.52. The standard InChI is InChI=1S/C20H22N2O2S/c1-3-12-21-19(24)17-15-6-4-5-7-16(15)25-20(17)22-18(23)14-10-8-13(2)9-11-14/h3,8-11H,1,4-7,12H2,2H3,(H,21,24)(H,22,23). The smallest absolute Gasteiger partial charge is 0.256 e. The number of hydrogen-bond donors (Lipinski definition) is 2. The van der Waals surface area contributed by atoms with Crippen molar-refractivity contribution < 1.29 is 9.59 Å². The second-order valence-electron chi connectivity index (χ2n) is 6.23. The summed E-state index contributed by atoms with van der Waals surface area (Å²) in [5.41, 5.74) is 3.42. The van der Waals surface area contributed by atoms with Crippen molar-refractivity contribution in [2.24, 2.45) is 0 Å². The zero-order chi connectivity index (χ0) is 17.8. The lowest BCUT2D eigenvalue weighted by Gasteiger charge is -2.13. The average Bonchev–Trinajstić information content (AvgIpc) is 2.98. The highest BCUT2D eigenvalue weighted by Gasteiger charge is 2.26. The van der Waals surface area contributed by atoms with Crippen molar-refractivity contribution in [2.75, 3.05) is 11.9 Å². The highest BCUT2D eigenvalue weighted by Crippen LogP contribution is 2.38. The van der Waals surface area contributed by atoms with Crippen LogP contribution in [0.4, 0.5) is 5.00 Å². The predicted molar refractivity (Wildman–Crippen MR) is 103 cm³/mol. The van der Waals surface area contributed by atoms with Crippen LogP contribution in [0, 0.1) is 6.92 Å². The van der Waals surface area contributed by atoms with Gasteiger partial charge in [-0.15, -0.1) is 17.9 Å². The third-order valence-corrected chi connectivity index (χ3v) is 5.55. The van der Waals surface area contributed by atoms with E-state index < -0.39 is 0 Å². The van der Waals surface area contributed by atoms with Crippen LogP contribution in [0.25, 0.3) is 0 Å². The molecule has 0 atom stereocenters. The summed E-state index contributed by atoms with van der Waals surface area (Å²) in [5, 5.41) is 6.45. The zero-order valence-electron chi connectivity index (χ0n) is 14.4. The Labute approximate surface area is 152 Å². The van der Waals surface area contributed by atoms with Crippen molar-refractivity contribution in [3.8, 4) is 0 Å². The summed E-state index contributed by atoms with van der Waals surface area (Å²) >= 11 is 1.53. The summed E-state index contributed by atoms with van der Waals surface area (Å²) in [6.45, 7) is 6.03. The molecule has 0 saturated heterocycles. The quantitative estimate of drug-likeness (QED) is 0.794. The van der Waals surface area contributed by atoms with Gasteiger partial charge in [-0.2, -0.15) is 0 Å². The molecule has 25 heavy (non-hydrogen) atoms. The van der Waals surface area contributed by atoms with Crippen molar-refractivity contribution >= 4 is 28.2 Å². The van der Waals surface area contributed by atoms with Gasteiger partial charge in [0.25, 0.3) is 11.8 Å². The Kier molecular flexibility index (Phi) is 5.34. The van der Waals surface area contributed by atoms with Crippen LogP contribution in [0.3, 0.4) is 0 Å². The van der Waals surface area contributed by atoms with Crippen LogP contribution >= 0.6 is 11.3 Å². The van der Waals surface area contributed by atoms with Crippen LogP contribution in [-0.4, -0.2) is 18.4 Å². The molecule has 3 rings (SSSR count). The largest absolute Gasteiger partial charge is 0.348 e. The molecule has 0 saturated carbocycles. The Hall–Kier alpha value is -2.40. The first-order valence-corrected chi connectivity index (χ1v) is 9.33. The van der Waals surface area contributed by atoms with Gasteiger partial charge in [-0.1, -0.05) is 23.8 Å². The molecule has 0 spiro atoms. The molecule has 4 nitrogen and oxygen atoms in total. The summed E-state index contributed by atoms with van der Waals surface area (Å²) in [7, 11) is 0. The molecule has 1 aromatic heterocycles. The molecular formula is C20H22N2O2S. The maximum absolute atomic E-state index is 12.6. The normalized spacial score (nSPS) is 13.0. The molecule has 0 radical (unpaired) electrons. The molecule has 0 bridgehead atoms. The van der Waals surface area contributed by atoms with Crippen molar-refractivity contribution in [3.63, 3.8) is 0 Å². The van der Waals surface area contributed by atoms with E-state index in [0.717, 1.165) is 36.8 Å². The molecule has 130 valence electrons.